The lowest BCUT2D eigenvalue weighted by atomic mass is 10.1. The van der Waals surface area contributed by atoms with Crippen molar-refractivity contribution in [3.63, 3.8) is 0 Å². The van der Waals surface area contributed by atoms with E-state index < -0.39 is 0 Å². The Morgan fingerprint density at radius 3 is 2.75 bits per heavy atom. The largest absolute Gasteiger partial charge is 0.508 e. The minimum absolute atomic E-state index is 0.103. The number of ether oxygens (including phenoxy) is 2. The highest BCUT2D eigenvalue weighted by atomic mass is 35.5. The first-order valence-electron chi connectivity index (χ1n) is 7.05. The fraction of sp³-hybridized carbons (Fsp3) is 0.176. The van der Waals surface area contributed by atoms with Crippen molar-refractivity contribution >= 4 is 23.7 Å². The average molecular weight is 349 g/mol. The molecule has 0 radical (unpaired) electrons. The smallest absolute Gasteiger partial charge is 0.244 e. The van der Waals surface area contributed by atoms with Gasteiger partial charge in [0.05, 0.1) is 31.9 Å². The first-order chi connectivity index (χ1) is 11.5. The Balaban J connectivity index is 2.02. The van der Waals surface area contributed by atoms with Crippen LogP contribution in [0.1, 0.15) is 11.1 Å². The maximum Gasteiger partial charge on any atom is 0.244 e. The van der Waals surface area contributed by atoms with E-state index in [9.17, 15) is 9.90 Å². The molecule has 7 heteroatoms. The normalized spacial score (nSPS) is 10.6. The summed E-state index contributed by atoms with van der Waals surface area (Å²) in [6.45, 7) is 0. The van der Waals surface area contributed by atoms with Gasteiger partial charge in [-0.1, -0.05) is 23.7 Å². The fourth-order valence-corrected chi connectivity index (χ4v) is 2.35. The number of nitrogens with one attached hydrogen (secondary N) is 1. The van der Waals surface area contributed by atoms with E-state index in [0.29, 0.717) is 27.6 Å². The van der Waals surface area contributed by atoms with Gasteiger partial charge in [-0.05, 0) is 29.8 Å². The number of nitrogens with zero attached hydrogens (tertiary/aromatic N) is 1. The van der Waals surface area contributed by atoms with Crippen LogP contribution in [0.4, 0.5) is 0 Å². The quantitative estimate of drug-likeness (QED) is 0.621. The van der Waals surface area contributed by atoms with Crippen LogP contribution in [0.3, 0.4) is 0 Å². The van der Waals surface area contributed by atoms with Gasteiger partial charge in [-0.2, -0.15) is 5.10 Å². The molecule has 0 saturated heterocycles. The molecule has 0 heterocycles. The van der Waals surface area contributed by atoms with Crippen LogP contribution in [-0.4, -0.2) is 31.4 Å². The molecule has 2 N–H and O–H groups in total. The molecule has 0 bridgehead atoms. The first-order valence-corrected chi connectivity index (χ1v) is 7.43. The summed E-state index contributed by atoms with van der Waals surface area (Å²) in [7, 11) is 3.01. The molecule has 2 rings (SSSR count). The Morgan fingerprint density at radius 1 is 1.29 bits per heavy atom. The van der Waals surface area contributed by atoms with Gasteiger partial charge in [-0.25, -0.2) is 5.43 Å². The predicted octanol–water partition coefficient (Wildman–Crippen LogP) is 2.76. The minimum atomic E-state index is -0.312. The number of hydrogen-bond donors (Lipinski definition) is 2. The number of methoxy groups -OCH3 is 2. The SMILES string of the molecule is COc1ccc(/C=N/NC(=O)Cc2cccc(O)c2)c(Cl)c1OC. The van der Waals surface area contributed by atoms with Crippen LogP contribution >= 0.6 is 11.6 Å². The van der Waals surface area contributed by atoms with Crippen molar-refractivity contribution in [2.24, 2.45) is 5.10 Å². The summed E-state index contributed by atoms with van der Waals surface area (Å²) in [5.41, 5.74) is 3.67. The van der Waals surface area contributed by atoms with E-state index in [4.69, 9.17) is 21.1 Å². The fourth-order valence-electron chi connectivity index (χ4n) is 2.07. The molecule has 0 spiro atoms. The van der Waals surface area contributed by atoms with Crippen molar-refractivity contribution in [3.05, 3.63) is 52.5 Å². The lowest BCUT2D eigenvalue weighted by Crippen LogP contribution is -2.19. The molecule has 6 nitrogen and oxygen atoms in total. The Kier molecular flexibility index (Phi) is 6.03. The highest BCUT2D eigenvalue weighted by Gasteiger charge is 2.12. The lowest BCUT2D eigenvalue weighted by Gasteiger charge is -2.10. The molecule has 0 aliphatic carbocycles. The number of amides is 1. The molecule has 2 aromatic rings. The molecule has 0 aliphatic rings. The molecule has 0 aromatic heterocycles. The number of carbonyl (C=O) groups excluding carboxylic acids is 1. The number of carbonyl (C=O) groups is 1. The van der Waals surface area contributed by atoms with Crippen LogP contribution in [0.15, 0.2) is 41.5 Å². The Hall–Kier alpha value is -2.73. The number of halogens is 1. The number of rotatable bonds is 6. The van der Waals surface area contributed by atoms with Gasteiger partial charge in [0.2, 0.25) is 5.91 Å². The van der Waals surface area contributed by atoms with E-state index in [1.807, 2.05) is 0 Å². The first kappa shape index (κ1) is 17.6. The molecule has 2 aromatic carbocycles. The Bertz CT molecular complexity index is 762. The number of benzene rings is 2. The number of hydrazone groups is 1. The molecular weight excluding hydrogens is 332 g/mol. The molecule has 0 aliphatic heterocycles. The maximum atomic E-state index is 11.8. The summed E-state index contributed by atoms with van der Waals surface area (Å²) in [6.07, 6.45) is 1.52. The summed E-state index contributed by atoms with van der Waals surface area (Å²) in [5.74, 6) is 0.705. The van der Waals surface area contributed by atoms with E-state index in [-0.39, 0.29) is 18.1 Å². The van der Waals surface area contributed by atoms with Crippen LogP contribution in [0.5, 0.6) is 17.2 Å². The topological polar surface area (TPSA) is 80.2 Å². The van der Waals surface area contributed by atoms with Crippen LogP contribution < -0.4 is 14.9 Å². The maximum absolute atomic E-state index is 11.8. The van der Waals surface area contributed by atoms with E-state index >= 15 is 0 Å². The minimum Gasteiger partial charge on any atom is -0.508 e. The Morgan fingerprint density at radius 2 is 2.08 bits per heavy atom. The van der Waals surface area contributed by atoms with Crippen molar-refractivity contribution in [2.75, 3.05) is 14.2 Å². The molecule has 0 saturated carbocycles. The third kappa shape index (κ3) is 4.39. The second kappa shape index (κ2) is 8.21. The summed E-state index contributed by atoms with van der Waals surface area (Å²) in [6, 6.07) is 9.88. The molecule has 0 atom stereocenters. The van der Waals surface area contributed by atoms with Gasteiger partial charge >= 0.3 is 0 Å². The Labute approximate surface area is 144 Å². The second-order valence-corrected chi connectivity index (χ2v) is 5.22. The second-order valence-electron chi connectivity index (χ2n) is 4.84. The number of phenols is 1. The van der Waals surface area contributed by atoms with E-state index in [1.54, 1.807) is 30.3 Å². The van der Waals surface area contributed by atoms with Gasteiger partial charge in [0.15, 0.2) is 11.5 Å². The van der Waals surface area contributed by atoms with Crippen molar-refractivity contribution in [1.82, 2.24) is 5.43 Å². The highest BCUT2D eigenvalue weighted by Crippen LogP contribution is 2.36. The molecule has 126 valence electrons. The number of hydrogen-bond acceptors (Lipinski definition) is 5. The molecule has 0 fully saturated rings. The highest BCUT2D eigenvalue weighted by molar-refractivity contribution is 6.34. The monoisotopic (exact) mass is 348 g/mol. The van der Waals surface area contributed by atoms with Crippen molar-refractivity contribution in [1.29, 1.82) is 0 Å². The van der Waals surface area contributed by atoms with Gasteiger partial charge in [-0.15, -0.1) is 0 Å². The molecule has 1 amide bonds. The summed E-state index contributed by atoms with van der Waals surface area (Å²) in [4.78, 5) is 11.8. The van der Waals surface area contributed by atoms with Crippen molar-refractivity contribution in [3.8, 4) is 17.2 Å². The molecule has 24 heavy (non-hydrogen) atoms. The van der Waals surface area contributed by atoms with E-state index in [2.05, 4.69) is 10.5 Å². The summed E-state index contributed by atoms with van der Waals surface area (Å²) in [5, 5.41) is 13.6. The lowest BCUT2D eigenvalue weighted by molar-refractivity contribution is -0.120. The summed E-state index contributed by atoms with van der Waals surface area (Å²) < 4.78 is 10.3. The zero-order valence-electron chi connectivity index (χ0n) is 13.2. The molecule has 0 unspecified atom stereocenters. The standard InChI is InChI=1S/C17H17ClN2O4/c1-23-14-7-6-12(16(18)17(14)24-2)10-19-20-15(22)9-11-4-3-5-13(21)8-11/h3-8,10,21H,9H2,1-2H3,(H,20,22)/b19-10+. The van der Waals surface area contributed by atoms with Gasteiger partial charge in [0, 0.05) is 5.56 Å². The van der Waals surface area contributed by atoms with Gasteiger partial charge in [0.1, 0.15) is 5.75 Å². The third-order valence-electron chi connectivity index (χ3n) is 3.18. The van der Waals surface area contributed by atoms with Gasteiger partial charge < -0.3 is 14.6 Å². The number of aromatic hydroxyl groups is 1. The van der Waals surface area contributed by atoms with Gasteiger partial charge in [0.25, 0.3) is 0 Å². The van der Waals surface area contributed by atoms with E-state index in [1.165, 1.54) is 26.5 Å². The predicted molar refractivity (Wildman–Crippen MR) is 92.1 cm³/mol. The number of phenolic OH excluding ortho intramolecular Hbond substituents is 1. The van der Waals surface area contributed by atoms with Crippen LogP contribution in [0.2, 0.25) is 5.02 Å². The average Bonchev–Trinajstić information content (AvgIpc) is 2.56. The summed E-state index contributed by atoms with van der Waals surface area (Å²) >= 11 is 6.22. The zero-order valence-corrected chi connectivity index (χ0v) is 14.0. The van der Waals surface area contributed by atoms with Crippen LogP contribution in [-0.2, 0) is 11.2 Å². The van der Waals surface area contributed by atoms with Crippen molar-refractivity contribution in [2.45, 2.75) is 6.42 Å². The third-order valence-corrected chi connectivity index (χ3v) is 3.57. The van der Waals surface area contributed by atoms with Crippen LogP contribution in [0.25, 0.3) is 0 Å². The van der Waals surface area contributed by atoms with Gasteiger partial charge in [-0.3, -0.25) is 4.79 Å². The van der Waals surface area contributed by atoms with Crippen LogP contribution in [0, 0.1) is 0 Å². The van der Waals surface area contributed by atoms with Crippen molar-refractivity contribution < 1.29 is 19.4 Å². The zero-order chi connectivity index (χ0) is 17.5. The van der Waals surface area contributed by atoms with E-state index in [0.717, 1.165) is 0 Å². The molecular formula is C17H17ClN2O4.